The van der Waals surface area contributed by atoms with E-state index >= 15 is 0 Å². The van der Waals surface area contributed by atoms with Crippen LogP contribution in [-0.2, 0) is 0 Å². The molecule has 5 heteroatoms. The third-order valence-corrected chi connectivity index (χ3v) is 6.86. The second kappa shape index (κ2) is 12.5. The van der Waals surface area contributed by atoms with Crippen molar-refractivity contribution in [3.63, 3.8) is 0 Å². The van der Waals surface area contributed by atoms with E-state index in [1.807, 2.05) is 112 Å². The molecule has 0 bridgehead atoms. The number of hydrogen-bond acceptors (Lipinski definition) is 5. The largest absolute Gasteiger partial charge is 0.507 e. The molecule has 0 amide bonds. The van der Waals surface area contributed by atoms with Gasteiger partial charge in [-0.25, -0.2) is 0 Å². The van der Waals surface area contributed by atoms with Gasteiger partial charge in [-0.1, -0.05) is 60.7 Å². The summed E-state index contributed by atoms with van der Waals surface area (Å²) >= 11 is 0. The van der Waals surface area contributed by atoms with Crippen molar-refractivity contribution in [1.29, 1.82) is 0 Å². The molecule has 41 heavy (non-hydrogen) atoms. The second-order valence-electron chi connectivity index (χ2n) is 9.43. The molecule has 208 valence electrons. The first-order valence-corrected chi connectivity index (χ1v) is 13.9. The van der Waals surface area contributed by atoms with Crippen LogP contribution in [-0.4, -0.2) is 30.0 Å². The first kappa shape index (κ1) is 27.7. The molecule has 5 rings (SSSR count). The summed E-state index contributed by atoms with van der Waals surface area (Å²) in [7, 11) is 0. The molecule has 0 heterocycles. The Morgan fingerprint density at radius 2 is 1.10 bits per heavy atom. The third-order valence-electron chi connectivity index (χ3n) is 6.86. The molecule has 0 saturated carbocycles. The van der Waals surface area contributed by atoms with Gasteiger partial charge in [0.05, 0.1) is 19.8 Å². The van der Waals surface area contributed by atoms with Gasteiger partial charge in [-0.3, -0.25) is 0 Å². The zero-order valence-corrected chi connectivity index (χ0v) is 23.6. The molecule has 5 aromatic carbocycles. The summed E-state index contributed by atoms with van der Waals surface area (Å²) in [5, 5.41) is 23.3. The Morgan fingerprint density at radius 1 is 0.488 bits per heavy atom. The summed E-state index contributed by atoms with van der Waals surface area (Å²) in [5.74, 6) is 2.36. The quantitative estimate of drug-likeness (QED) is 0.183. The average Bonchev–Trinajstić information content (AvgIpc) is 2.98. The van der Waals surface area contributed by atoms with Crippen molar-refractivity contribution in [2.24, 2.45) is 0 Å². The van der Waals surface area contributed by atoms with Gasteiger partial charge in [0.15, 0.2) is 0 Å². The molecule has 5 nitrogen and oxygen atoms in total. The van der Waals surface area contributed by atoms with Crippen LogP contribution in [0.1, 0.15) is 20.8 Å². The maximum absolute atomic E-state index is 12.3. The van der Waals surface area contributed by atoms with Gasteiger partial charge in [0, 0.05) is 22.3 Å². The van der Waals surface area contributed by atoms with E-state index in [0.29, 0.717) is 53.6 Å². The number of benzene rings is 5. The molecule has 0 aliphatic carbocycles. The van der Waals surface area contributed by atoms with Gasteiger partial charge in [0.2, 0.25) is 0 Å². The second-order valence-corrected chi connectivity index (χ2v) is 9.43. The molecular formula is C36H34O5. The standard InChI is InChI=1S/C36H34O5/c1-4-39-26-20-18-24(19-21-26)34-30(28-14-7-9-16-32(28)37)23-31(29-15-8-10-17-33(29)41-6-3)35(36(34)38)25-12-11-13-27(22-25)40-5-2/h7-23,37-38H,4-6H2,1-3H3. The fourth-order valence-electron chi connectivity index (χ4n) is 5.14. The molecule has 0 aromatic heterocycles. The van der Waals surface area contributed by atoms with Gasteiger partial charge in [-0.05, 0) is 85.5 Å². The maximum atomic E-state index is 12.3. The number of phenolic OH excluding ortho intramolecular Hbond substituents is 2. The van der Waals surface area contributed by atoms with E-state index in [1.165, 1.54) is 0 Å². The lowest BCUT2D eigenvalue weighted by Crippen LogP contribution is -1.98. The molecule has 5 aromatic rings. The molecule has 2 N–H and O–H groups in total. The topological polar surface area (TPSA) is 68.2 Å². The van der Waals surface area contributed by atoms with Gasteiger partial charge in [-0.2, -0.15) is 0 Å². The molecule has 0 fully saturated rings. The van der Waals surface area contributed by atoms with Gasteiger partial charge in [0.25, 0.3) is 0 Å². The number of hydrogen-bond donors (Lipinski definition) is 2. The number of rotatable bonds is 10. The van der Waals surface area contributed by atoms with Crippen molar-refractivity contribution in [2.45, 2.75) is 20.8 Å². The normalized spacial score (nSPS) is 10.8. The first-order valence-electron chi connectivity index (χ1n) is 13.9. The predicted octanol–water partition coefficient (Wildman–Crippen LogP) is 8.96. The highest BCUT2D eigenvalue weighted by Gasteiger charge is 2.25. The molecule has 0 unspecified atom stereocenters. The van der Waals surface area contributed by atoms with Crippen LogP contribution < -0.4 is 14.2 Å². The van der Waals surface area contributed by atoms with Gasteiger partial charge in [-0.15, -0.1) is 0 Å². The Balaban J connectivity index is 1.89. The van der Waals surface area contributed by atoms with E-state index in [9.17, 15) is 10.2 Å². The van der Waals surface area contributed by atoms with Crippen LogP contribution >= 0.6 is 0 Å². The molecule has 0 saturated heterocycles. The molecule has 0 radical (unpaired) electrons. The highest BCUT2D eigenvalue weighted by Crippen LogP contribution is 2.52. The summed E-state index contributed by atoms with van der Waals surface area (Å²) in [5.41, 5.74) is 5.73. The maximum Gasteiger partial charge on any atom is 0.132 e. The van der Waals surface area contributed by atoms with Crippen molar-refractivity contribution in [3.8, 4) is 73.3 Å². The van der Waals surface area contributed by atoms with Crippen molar-refractivity contribution in [2.75, 3.05) is 19.8 Å². The van der Waals surface area contributed by atoms with E-state index in [-0.39, 0.29) is 11.5 Å². The summed E-state index contributed by atoms with van der Waals surface area (Å²) in [6.45, 7) is 7.41. The lowest BCUT2D eigenvalue weighted by atomic mass is 9.84. The van der Waals surface area contributed by atoms with Crippen molar-refractivity contribution in [1.82, 2.24) is 0 Å². The lowest BCUT2D eigenvalue weighted by molar-refractivity contribution is 0.340. The summed E-state index contributed by atoms with van der Waals surface area (Å²) in [6.07, 6.45) is 0. The van der Waals surface area contributed by atoms with Crippen LogP contribution in [0.3, 0.4) is 0 Å². The summed E-state index contributed by atoms with van der Waals surface area (Å²) in [6, 6.07) is 32.4. The minimum atomic E-state index is 0.0878. The Morgan fingerprint density at radius 3 is 1.80 bits per heavy atom. The Labute approximate surface area is 241 Å². The van der Waals surface area contributed by atoms with E-state index in [2.05, 4.69) is 0 Å². The highest BCUT2D eigenvalue weighted by molar-refractivity contribution is 6.02. The molecule has 0 spiro atoms. The van der Waals surface area contributed by atoms with Crippen LogP contribution in [0.5, 0.6) is 28.7 Å². The van der Waals surface area contributed by atoms with Gasteiger partial charge in [0.1, 0.15) is 28.7 Å². The molecule has 0 aliphatic rings. The van der Waals surface area contributed by atoms with Crippen LogP contribution in [0, 0.1) is 0 Å². The van der Waals surface area contributed by atoms with Crippen molar-refractivity contribution in [3.05, 3.63) is 103 Å². The van der Waals surface area contributed by atoms with Crippen LogP contribution in [0.2, 0.25) is 0 Å². The minimum Gasteiger partial charge on any atom is -0.507 e. The monoisotopic (exact) mass is 546 g/mol. The van der Waals surface area contributed by atoms with E-state index in [0.717, 1.165) is 28.0 Å². The zero-order valence-electron chi connectivity index (χ0n) is 23.6. The smallest absolute Gasteiger partial charge is 0.132 e. The third kappa shape index (κ3) is 5.71. The van der Waals surface area contributed by atoms with Crippen LogP contribution in [0.15, 0.2) is 103 Å². The molecular weight excluding hydrogens is 512 g/mol. The van der Waals surface area contributed by atoms with Crippen LogP contribution in [0.4, 0.5) is 0 Å². The zero-order chi connectivity index (χ0) is 28.8. The number of ether oxygens (including phenoxy) is 3. The average molecular weight is 547 g/mol. The highest BCUT2D eigenvalue weighted by atomic mass is 16.5. The fraction of sp³-hybridized carbons (Fsp3) is 0.167. The lowest BCUT2D eigenvalue weighted by Gasteiger charge is -2.22. The van der Waals surface area contributed by atoms with E-state index in [4.69, 9.17) is 14.2 Å². The summed E-state index contributed by atoms with van der Waals surface area (Å²) in [4.78, 5) is 0. The Kier molecular flexibility index (Phi) is 8.44. The molecule has 0 aliphatic heterocycles. The number of para-hydroxylation sites is 2. The van der Waals surface area contributed by atoms with E-state index < -0.39 is 0 Å². The number of aromatic hydroxyl groups is 2. The van der Waals surface area contributed by atoms with Crippen molar-refractivity contribution < 1.29 is 24.4 Å². The number of phenols is 2. The fourth-order valence-corrected chi connectivity index (χ4v) is 5.14. The van der Waals surface area contributed by atoms with E-state index in [1.54, 1.807) is 12.1 Å². The molecule has 0 atom stereocenters. The van der Waals surface area contributed by atoms with Gasteiger partial charge >= 0.3 is 0 Å². The Hall–Kier alpha value is -4.90. The predicted molar refractivity (Wildman–Crippen MR) is 165 cm³/mol. The van der Waals surface area contributed by atoms with Crippen molar-refractivity contribution >= 4 is 0 Å². The SMILES string of the molecule is CCOc1ccc(-c2c(-c3ccccc3O)cc(-c3ccccc3OCC)c(-c3cccc(OCC)c3)c2O)cc1. The summed E-state index contributed by atoms with van der Waals surface area (Å²) < 4.78 is 17.5. The first-order chi connectivity index (χ1) is 20.0. The Bertz CT molecular complexity index is 1640. The van der Waals surface area contributed by atoms with Crippen LogP contribution in [0.25, 0.3) is 44.5 Å². The van der Waals surface area contributed by atoms with Gasteiger partial charge < -0.3 is 24.4 Å². The minimum absolute atomic E-state index is 0.0878.